The predicted molar refractivity (Wildman–Crippen MR) is 143 cm³/mol. The number of alkyl halides is 3. The summed E-state index contributed by atoms with van der Waals surface area (Å²) in [5.74, 6) is 0.0931. The largest absolute Gasteiger partial charge is 0.416 e. The van der Waals surface area contributed by atoms with Crippen molar-refractivity contribution in [3.8, 4) is 0 Å². The summed E-state index contributed by atoms with van der Waals surface area (Å²) < 4.78 is 43.4. The third kappa shape index (κ3) is 5.39. The van der Waals surface area contributed by atoms with Crippen LogP contribution in [0.4, 0.5) is 46.1 Å². The van der Waals surface area contributed by atoms with Gasteiger partial charge in [0.05, 0.1) is 23.5 Å². The molecule has 9 nitrogen and oxygen atoms in total. The van der Waals surface area contributed by atoms with E-state index in [1.165, 1.54) is 33.5 Å². The Bertz CT molecular complexity index is 1590. The third-order valence-electron chi connectivity index (χ3n) is 6.08. The van der Waals surface area contributed by atoms with Crippen molar-refractivity contribution < 1.29 is 22.8 Å². The van der Waals surface area contributed by atoms with Gasteiger partial charge < -0.3 is 10.6 Å². The number of aromatic nitrogens is 3. The molecule has 3 heterocycles. The number of carbonyl (C=O) groups is 2. The number of aryl methyl sites for hydroxylation is 2. The highest BCUT2D eigenvalue weighted by atomic mass is 32.1. The molecule has 4 aromatic rings. The number of amides is 3. The van der Waals surface area contributed by atoms with Gasteiger partial charge in [-0.05, 0) is 67.3 Å². The highest BCUT2D eigenvalue weighted by molar-refractivity contribution is 7.10. The van der Waals surface area contributed by atoms with Gasteiger partial charge in [-0.1, -0.05) is 12.1 Å². The Morgan fingerprint density at radius 1 is 1.10 bits per heavy atom. The van der Waals surface area contributed by atoms with E-state index >= 15 is 0 Å². The molecule has 2 N–H and O–H groups in total. The van der Waals surface area contributed by atoms with Gasteiger partial charge in [-0.25, -0.2) is 9.78 Å². The van der Waals surface area contributed by atoms with E-state index in [1.54, 1.807) is 31.4 Å². The Morgan fingerprint density at radius 2 is 1.90 bits per heavy atom. The predicted octanol–water partition coefficient (Wildman–Crippen LogP) is 6.14. The van der Waals surface area contributed by atoms with Gasteiger partial charge >= 0.3 is 12.2 Å². The fourth-order valence-electron chi connectivity index (χ4n) is 4.11. The normalized spacial score (nSPS) is 13.3. The second-order valence-electron chi connectivity index (χ2n) is 8.96. The lowest BCUT2D eigenvalue weighted by Crippen LogP contribution is -2.46. The van der Waals surface area contributed by atoms with Gasteiger partial charge in [-0.2, -0.15) is 22.5 Å². The van der Waals surface area contributed by atoms with Crippen molar-refractivity contribution in [1.82, 2.24) is 14.3 Å². The third-order valence-corrected chi connectivity index (χ3v) is 6.87. The fraction of sp³-hybridized carbons (Fsp3) is 0.192. The van der Waals surface area contributed by atoms with Gasteiger partial charge in [-0.3, -0.25) is 14.6 Å². The van der Waals surface area contributed by atoms with Gasteiger partial charge in [0, 0.05) is 30.1 Å². The van der Waals surface area contributed by atoms with Gasteiger partial charge in [0.2, 0.25) is 5.95 Å². The maximum absolute atomic E-state index is 13.4. The number of carbonyl (C=O) groups excluding carboxylic acids is 2. The Kier molecular flexibility index (Phi) is 6.68. The molecule has 0 aliphatic carbocycles. The average molecular weight is 554 g/mol. The minimum Gasteiger partial charge on any atom is -0.322 e. The summed E-state index contributed by atoms with van der Waals surface area (Å²) >= 11 is 1.28. The lowest BCUT2D eigenvalue weighted by atomic mass is 10.1. The van der Waals surface area contributed by atoms with Crippen molar-refractivity contribution >= 4 is 51.6 Å². The molecule has 2 aromatic carbocycles. The number of fused-ring (bicyclic) bond motifs is 1. The van der Waals surface area contributed by atoms with Crippen LogP contribution in [0.5, 0.6) is 0 Å². The number of anilines is 5. The Balaban J connectivity index is 1.38. The zero-order chi connectivity index (χ0) is 27.9. The molecule has 0 atom stereocenters. The molecule has 0 bridgehead atoms. The fourth-order valence-corrected chi connectivity index (χ4v) is 4.76. The van der Waals surface area contributed by atoms with E-state index in [0.29, 0.717) is 28.7 Å². The minimum atomic E-state index is -4.56. The zero-order valence-electron chi connectivity index (χ0n) is 21.0. The first-order chi connectivity index (χ1) is 18.5. The number of halogens is 3. The smallest absolute Gasteiger partial charge is 0.322 e. The molecule has 1 aliphatic rings. The lowest BCUT2D eigenvalue weighted by Gasteiger charge is -2.35. The molecule has 13 heteroatoms. The van der Waals surface area contributed by atoms with Gasteiger partial charge in [0.1, 0.15) is 10.8 Å². The molecule has 0 spiro atoms. The minimum absolute atomic E-state index is 0.135. The van der Waals surface area contributed by atoms with Crippen LogP contribution >= 0.6 is 11.5 Å². The van der Waals surface area contributed by atoms with Crippen LogP contribution in [0.1, 0.15) is 32.7 Å². The highest BCUT2D eigenvalue weighted by Crippen LogP contribution is 2.34. The summed E-state index contributed by atoms with van der Waals surface area (Å²) in [4.78, 5) is 37.9. The van der Waals surface area contributed by atoms with Crippen molar-refractivity contribution in [1.29, 1.82) is 0 Å². The molecule has 3 amide bonds. The van der Waals surface area contributed by atoms with Crippen LogP contribution in [-0.2, 0) is 12.7 Å². The van der Waals surface area contributed by atoms with E-state index in [1.807, 2.05) is 19.9 Å². The molecule has 0 fully saturated rings. The number of urea groups is 1. The molecule has 0 radical (unpaired) electrons. The first-order valence-electron chi connectivity index (χ1n) is 11.7. The molecule has 0 saturated heterocycles. The van der Waals surface area contributed by atoms with Crippen LogP contribution in [0.25, 0.3) is 0 Å². The number of hydrogen-bond acceptors (Lipinski definition) is 7. The van der Waals surface area contributed by atoms with E-state index in [4.69, 9.17) is 0 Å². The summed E-state index contributed by atoms with van der Waals surface area (Å²) in [6, 6.07) is 10.7. The number of benzene rings is 2. The second-order valence-corrected chi connectivity index (χ2v) is 9.77. The quantitative estimate of drug-likeness (QED) is 0.308. The number of rotatable bonds is 5. The van der Waals surface area contributed by atoms with Crippen molar-refractivity contribution in [3.63, 3.8) is 0 Å². The second kappa shape index (κ2) is 9.98. The summed E-state index contributed by atoms with van der Waals surface area (Å²) in [7, 11) is 1.61. The van der Waals surface area contributed by atoms with Gasteiger partial charge in [0.25, 0.3) is 5.91 Å². The van der Waals surface area contributed by atoms with E-state index in [9.17, 15) is 22.8 Å². The zero-order valence-corrected chi connectivity index (χ0v) is 21.8. The summed E-state index contributed by atoms with van der Waals surface area (Å²) in [6.45, 7) is 3.88. The Hall–Kier alpha value is -4.52. The number of nitrogens with zero attached hydrogens (tertiary/aromatic N) is 5. The van der Waals surface area contributed by atoms with Crippen molar-refractivity contribution in [3.05, 3.63) is 82.7 Å². The maximum atomic E-state index is 13.4. The topological polar surface area (TPSA) is 103 Å². The van der Waals surface area contributed by atoms with E-state index < -0.39 is 17.6 Å². The molecular formula is C26H22F3N7O2S. The molecule has 0 unspecified atom stereocenters. The summed E-state index contributed by atoms with van der Waals surface area (Å²) in [5.41, 5.74) is 2.15. The molecular weight excluding hydrogens is 531 g/mol. The molecule has 0 saturated carbocycles. The number of nitrogens with one attached hydrogen (secondary N) is 2. The molecule has 39 heavy (non-hydrogen) atoms. The Morgan fingerprint density at radius 3 is 2.62 bits per heavy atom. The van der Waals surface area contributed by atoms with Crippen LogP contribution < -0.4 is 20.4 Å². The average Bonchev–Trinajstić information content (AvgIpc) is 3.31. The molecule has 1 aliphatic heterocycles. The number of hydrogen-bond donors (Lipinski definition) is 2. The van der Waals surface area contributed by atoms with E-state index in [-0.39, 0.29) is 18.1 Å². The SMILES string of the molecule is Cc1cc(Nc2ncc3c(n2)N(C)C(=O)N(c2cc(NC(=O)c4cccc(C(F)(F)F)c4)ccc2C)C3)sn1. The van der Waals surface area contributed by atoms with Crippen LogP contribution in [0.15, 0.2) is 54.7 Å². The monoisotopic (exact) mass is 553 g/mol. The van der Waals surface area contributed by atoms with Crippen molar-refractivity contribution in [2.45, 2.75) is 26.6 Å². The van der Waals surface area contributed by atoms with Crippen LogP contribution in [-0.4, -0.2) is 33.3 Å². The van der Waals surface area contributed by atoms with E-state index in [0.717, 1.165) is 28.4 Å². The van der Waals surface area contributed by atoms with E-state index in [2.05, 4.69) is 25.0 Å². The van der Waals surface area contributed by atoms with Gasteiger partial charge in [0.15, 0.2) is 0 Å². The lowest BCUT2D eigenvalue weighted by molar-refractivity contribution is -0.137. The maximum Gasteiger partial charge on any atom is 0.416 e. The molecule has 200 valence electrons. The van der Waals surface area contributed by atoms with Crippen molar-refractivity contribution in [2.24, 2.45) is 0 Å². The van der Waals surface area contributed by atoms with Crippen LogP contribution in [0.2, 0.25) is 0 Å². The standard InChI is InChI=1S/C26H22F3N7O2S/c1-14-7-8-19(31-23(37)16-5-4-6-18(10-16)26(27,28)29)11-20(14)36-13-17-12-30-24(32-21-9-15(2)34-39-21)33-22(17)35(3)25(36)38/h4-12H,13H2,1-3H3,(H,31,37)(H,30,32,33). The van der Waals surface area contributed by atoms with Crippen molar-refractivity contribution in [2.75, 3.05) is 27.5 Å². The molecule has 2 aromatic heterocycles. The summed E-state index contributed by atoms with van der Waals surface area (Å²) in [6.07, 6.45) is -2.92. The summed E-state index contributed by atoms with van der Waals surface area (Å²) in [5, 5.41) is 6.50. The van der Waals surface area contributed by atoms with Crippen LogP contribution in [0, 0.1) is 13.8 Å². The van der Waals surface area contributed by atoms with Crippen LogP contribution in [0.3, 0.4) is 0 Å². The van der Waals surface area contributed by atoms with Gasteiger partial charge in [-0.15, -0.1) is 0 Å². The first kappa shape index (κ1) is 26.1. The Labute approximate surface area is 225 Å². The first-order valence-corrected chi connectivity index (χ1v) is 12.5. The highest BCUT2D eigenvalue weighted by Gasteiger charge is 2.32. The molecule has 5 rings (SSSR count).